The zero-order valence-electron chi connectivity index (χ0n) is 8.33. The summed E-state index contributed by atoms with van der Waals surface area (Å²) in [5, 5.41) is 2.51. The molecule has 0 aromatic carbocycles. The van der Waals surface area contributed by atoms with Crippen LogP contribution in [0.2, 0.25) is 0 Å². The van der Waals surface area contributed by atoms with E-state index in [9.17, 15) is 9.59 Å². The molecule has 2 atom stereocenters. The fourth-order valence-corrected chi connectivity index (χ4v) is 1.80. The normalized spacial score (nSPS) is 26.5. The lowest BCUT2D eigenvalue weighted by molar-refractivity contribution is -0.143. The highest BCUT2D eigenvalue weighted by molar-refractivity contribution is 5.84. The van der Waals surface area contributed by atoms with Gasteiger partial charge in [-0.15, -0.1) is 0 Å². The quantitative estimate of drug-likeness (QED) is 0.663. The van der Waals surface area contributed by atoms with E-state index >= 15 is 0 Å². The van der Waals surface area contributed by atoms with Gasteiger partial charge in [-0.05, 0) is 20.3 Å². The number of carbonyl (C=O) groups excluding carboxylic acids is 2. The first-order chi connectivity index (χ1) is 6.02. The van der Waals surface area contributed by atoms with E-state index in [1.165, 1.54) is 6.92 Å². The van der Waals surface area contributed by atoms with Gasteiger partial charge in [0, 0.05) is 19.0 Å². The van der Waals surface area contributed by atoms with Crippen molar-refractivity contribution < 1.29 is 9.59 Å². The number of rotatable bonds is 2. The predicted molar refractivity (Wildman–Crippen MR) is 49.1 cm³/mol. The smallest absolute Gasteiger partial charge is 0.242 e. The summed E-state index contributed by atoms with van der Waals surface area (Å²) in [6.07, 6.45) is 1.06. The number of amides is 2. The van der Waals surface area contributed by atoms with E-state index in [4.69, 9.17) is 0 Å². The Bertz CT molecular complexity index is 220. The van der Waals surface area contributed by atoms with Crippen LogP contribution in [0.1, 0.15) is 27.2 Å². The van der Waals surface area contributed by atoms with Crippen LogP contribution in [0.4, 0.5) is 0 Å². The van der Waals surface area contributed by atoms with Crippen LogP contribution >= 0.6 is 0 Å². The average Bonchev–Trinajstić information content (AvgIpc) is 2.00. The molecule has 13 heavy (non-hydrogen) atoms. The van der Waals surface area contributed by atoms with Crippen molar-refractivity contribution in [2.45, 2.75) is 39.3 Å². The number of hydrogen-bond acceptors (Lipinski definition) is 2. The fraction of sp³-hybridized carbons (Fsp3) is 0.778. The van der Waals surface area contributed by atoms with Crippen LogP contribution in [-0.2, 0) is 9.59 Å². The average molecular weight is 184 g/mol. The number of nitrogens with zero attached hydrogens (tertiary/aromatic N) is 1. The van der Waals surface area contributed by atoms with E-state index in [0.29, 0.717) is 12.1 Å². The van der Waals surface area contributed by atoms with Gasteiger partial charge in [0.15, 0.2) is 0 Å². The Labute approximate surface area is 78.3 Å². The van der Waals surface area contributed by atoms with Crippen molar-refractivity contribution in [3.8, 4) is 0 Å². The lowest BCUT2D eigenvalue weighted by Gasteiger charge is -2.45. The first-order valence-corrected chi connectivity index (χ1v) is 4.58. The third kappa shape index (κ3) is 2.20. The number of carbonyl (C=O) groups is 2. The third-order valence-electron chi connectivity index (χ3n) is 2.41. The molecule has 2 unspecified atom stereocenters. The molecule has 0 aromatic rings. The van der Waals surface area contributed by atoms with Gasteiger partial charge < -0.3 is 10.2 Å². The Morgan fingerprint density at radius 2 is 1.92 bits per heavy atom. The molecule has 1 heterocycles. The maximum absolute atomic E-state index is 11.5. The van der Waals surface area contributed by atoms with Crippen molar-refractivity contribution >= 4 is 11.8 Å². The highest BCUT2D eigenvalue weighted by Crippen LogP contribution is 2.24. The molecule has 1 fully saturated rings. The Morgan fingerprint density at radius 3 is 2.31 bits per heavy atom. The van der Waals surface area contributed by atoms with E-state index in [-0.39, 0.29) is 18.4 Å². The van der Waals surface area contributed by atoms with Crippen molar-refractivity contribution in [1.29, 1.82) is 0 Å². The summed E-state index contributed by atoms with van der Waals surface area (Å²) in [6.45, 7) is 5.58. The second-order valence-electron chi connectivity index (χ2n) is 3.64. The molecule has 0 saturated carbocycles. The Balaban J connectivity index is 2.35. The second-order valence-corrected chi connectivity index (χ2v) is 3.64. The van der Waals surface area contributed by atoms with Crippen LogP contribution in [0.3, 0.4) is 0 Å². The van der Waals surface area contributed by atoms with Crippen LogP contribution in [0.15, 0.2) is 0 Å². The van der Waals surface area contributed by atoms with Crippen LogP contribution in [0, 0.1) is 0 Å². The molecule has 1 N–H and O–H groups in total. The van der Waals surface area contributed by atoms with Crippen molar-refractivity contribution in [3.63, 3.8) is 0 Å². The minimum Gasteiger partial charge on any atom is -0.347 e. The van der Waals surface area contributed by atoms with Crippen molar-refractivity contribution in [2.24, 2.45) is 0 Å². The maximum atomic E-state index is 11.5. The van der Waals surface area contributed by atoms with Crippen molar-refractivity contribution in [3.05, 3.63) is 0 Å². The largest absolute Gasteiger partial charge is 0.347 e. The molecule has 1 aliphatic heterocycles. The number of likely N-dealkylation sites (tertiary alicyclic amines) is 1. The molecular formula is C9H16N2O2. The van der Waals surface area contributed by atoms with Gasteiger partial charge in [0.05, 0.1) is 6.54 Å². The predicted octanol–water partition coefficient (Wildman–Crippen LogP) is 0.132. The number of nitrogens with one attached hydrogen (secondary N) is 1. The van der Waals surface area contributed by atoms with Crippen molar-refractivity contribution in [1.82, 2.24) is 10.2 Å². The highest BCUT2D eigenvalue weighted by Gasteiger charge is 2.34. The third-order valence-corrected chi connectivity index (χ3v) is 2.41. The summed E-state index contributed by atoms with van der Waals surface area (Å²) < 4.78 is 0. The number of hydrogen-bond donors (Lipinski definition) is 1. The van der Waals surface area contributed by atoms with E-state index < -0.39 is 0 Å². The van der Waals surface area contributed by atoms with E-state index in [1.807, 2.05) is 18.7 Å². The van der Waals surface area contributed by atoms with Gasteiger partial charge in [-0.3, -0.25) is 9.59 Å². The summed E-state index contributed by atoms with van der Waals surface area (Å²) in [7, 11) is 0. The second kappa shape index (κ2) is 3.77. The van der Waals surface area contributed by atoms with Crippen LogP contribution in [0.5, 0.6) is 0 Å². The fourth-order valence-electron chi connectivity index (χ4n) is 1.80. The summed E-state index contributed by atoms with van der Waals surface area (Å²) in [5.41, 5.74) is 0. The molecule has 0 aliphatic carbocycles. The lowest BCUT2D eigenvalue weighted by Crippen LogP contribution is -2.58. The van der Waals surface area contributed by atoms with Gasteiger partial charge in [0.25, 0.3) is 0 Å². The summed E-state index contributed by atoms with van der Waals surface area (Å²) in [6, 6.07) is 0.660. The minimum atomic E-state index is -0.158. The van der Waals surface area contributed by atoms with Crippen LogP contribution in [0.25, 0.3) is 0 Å². The van der Waals surface area contributed by atoms with Crippen LogP contribution in [-0.4, -0.2) is 35.3 Å². The van der Waals surface area contributed by atoms with Gasteiger partial charge >= 0.3 is 0 Å². The summed E-state index contributed by atoms with van der Waals surface area (Å²) >= 11 is 0. The van der Waals surface area contributed by atoms with Gasteiger partial charge in [-0.25, -0.2) is 0 Å². The minimum absolute atomic E-state index is 0.0152. The lowest BCUT2D eigenvalue weighted by atomic mass is 9.96. The summed E-state index contributed by atoms with van der Waals surface area (Å²) in [5.74, 6) is -0.143. The van der Waals surface area contributed by atoms with E-state index in [1.54, 1.807) is 0 Å². The zero-order valence-corrected chi connectivity index (χ0v) is 8.33. The van der Waals surface area contributed by atoms with E-state index in [2.05, 4.69) is 5.32 Å². The first-order valence-electron chi connectivity index (χ1n) is 4.58. The molecule has 0 radical (unpaired) electrons. The van der Waals surface area contributed by atoms with Crippen molar-refractivity contribution in [2.75, 3.05) is 6.54 Å². The Hall–Kier alpha value is -1.06. The monoisotopic (exact) mass is 184 g/mol. The topological polar surface area (TPSA) is 49.4 Å². The van der Waals surface area contributed by atoms with E-state index in [0.717, 1.165) is 6.42 Å². The molecule has 74 valence electrons. The van der Waals surface area contributed by atoms with Gasteiger partial charge in [0.1, 0.15) is 0 Å². The van der Waals surface area contributed by atoms with Crippen LogP contribution < -0.4 is 5.32 Å². The van der Waals surface area contributed by atoms with Gasteiger partial charge in [-0.2, -0.15) is 0 Å². The molecule has 0 spiro atoms. The molecule has 4 nitrogen and oxygen atoms in total. The summed E-state index contributed by atoms with van der Waals surface area (Å²) in [4.78, 5) is 23.8. The molecule has 0 bridgehead atoms. The van der Waals surface area contributed by atoms with Gasteiger partial charge in [-0.1, -0.05) is 0 Å². The highest BCUT2D eigenvalue weighted by atomic mass is 16.2. The zero-order chi connectivity index (χ0) is 10.0. The standard InChI is InChI=1S/C9H16N2O2/c1-6-4-7(2)11(6)9(13)5-10-8(3)12/h6-7H,4-5H2,1-3H3,(H,10,12). The SMILES string of the molecule is CC(=O)NCC(=O)N1C(C)CC1C. The molecule has 0 aromatic heterocycles. The molecule has 1 saturated heterocycles. The maximum Gasteiger partial charge on any atom is 0.242 e. The molecule has 4 heteroatoms. The Kier molecular flexibility index (Phi) is 2.90. The first kappa shape index (κ1) is 10.0. The molecule has 1 aliphatic rings. The van der Waals surface area contributed by atoms with Gasteiger partial charge in [0.2, 0.25) is 11.8 Å². The molecule has 1 rings (SSSR count). The molecule has 2 amide bonds. The molecular weight excluding hydrogens is 168 g/mol. The Morgan fingerprint density at radius 1 is 1.38 bits per heavy atom.